The van der Waals surface area contributed by atoms with Crippen LogP contribution in [0.3, 0.4) is 0 Å². The van der Waals surface area contributed by atoms with Crippen LogP contribution in [0.4, 0.5) is 10.1 Å². The fourth-order valence-corrected chi connectivity index (χ4v) is 2.11. The van der Waals surface area contributed by atoms with Gasteiger partial charge in [0.15, 0.2) is 17.5 Å². The Morgan fingerprint density at radius 1 is 1.19 bits per heavy atom. The van der Waals surface area contributed by atoms with E-state index in [1.54, 1.807) is 24.3 Å². The second-order valence-corrected chi connectivity index (χ2v) is 4.51. The minimum Gasteiger partial charge on any atom is -0.479 e. The van der Waals surface area contributed by atoms with Crippen molar-refractivity contribution in [2.24, 2.45) is 0 Å². The normalized spacial score (nSPS) is 13.8. The molecule has 0 bridgehead atoms. The topological polar surface area (TPSA) is 67.8 Å². The number of fused-ring (bicyclic) bond motifs is 1. The number of carboxylic acids is 1. The van der Waals surface area contributed by atoms with Crippen molar-refractivity contribution in [3.8, 4) is 11.5 Å². The zero-order valence-corrected chi connectivity index (χ0v) is 10.9. The van der Waals surface area contributed by atoms with E-state index in [-0.39, 0.29) is 12.5 Å². The summed E-state index contributed by atoms with van der Waals surface area (Å²) in [5.74, 6) is -0.579. The third-order valence-corrected chi connectivity index (χ3v) is 3.15. The third-order valence-electron chi connectivity index (χ3n) is 3.15. The summed E-state index contributed by atoms with van der Waals surface area (Å²) in [5.41, 5.74) is 0.581. The number of carboxylic acid groups (broad SMARTS) is 1. The number of para-hydroxylation sites is 1. The molecule has 2 aromatic carbocycles. The number of rotatable bonds is 4. The summed E-state index contributed by atoms with van der Waals surface area (Å²) in [4.78, 5) is 11.5. The molecule has 108 valence electrons. The number of hydrogen-bond acceptors (Lipinski definition) is 4. The van der Waals surface area contributed by atoms with Crippen molar-refractivity contribution in [3.05, 3.63) is 53.8 Å². The predicted molar refractivity (Wildman–Crippen MR) is 73.0 cm³/mol. The largest absolute Gasteiger partial charge is 0.479 e. The van der Waals surface area contributed by atoms with E-state index in [0.29, 0.717) is 17.1 Å². The Morgan fingerprint density at radius 3 is 2.71 bits per heavy atom. The lowest BCUT2D eigenvalue weighted by Gasteiger charge is -2.17. The highest BCUT2D eigenvalue weighted by atomic mass is 19.1. The van der Waals surface area contributed by atoms with Crippen LogP contribution in [0.2, 0.25) is 0 Å². The van der Waals surface area contributed by atoms with Gasteiger partial charge in [0.1, 0.15) is 5.82 Å². The van der Waals surface area contributed by atoms with Crippen LogP contribution in [0.15, 0.2) is 42.5 Å². The lowest BCUT2D eigenvalue weighted by molar-refractivity contribution is -0.138. The first-order valence-corrected chi connectivity index (χ1v) is 6.28. The molecule has 0 spiro atoms. The fourth-order valence-electron chi connectivity index (χ4n) is 2.11. The van der Waals surface area contributed by atoms with E-state index in [4.69, 9.17) is 9.47 Å². The fraction of sp³-hybridized carbons (Fsp3) is 0.133. The van der Waals surface area contributed by atoms with Gasteiger partial charge in [-0.2, -0.15) is 0 Å². The summed E-state index contributed by atoms with van der Waals surface area (Å²) < 4.78 is 24.1. The lowest BCUT2D eigenvalue weighted by atomic mass is 10.1. The van der Waals surface area contributed by atoms with Crippen LogP contribution < -0.4 is 14.8 Å². The number of hydrogen-bond donors (Lipinski definition) is 2. The van der Waals surface area contributed by atoms with Crippen molar-refractivity contribution in [2.45, 2.75) is 6.04 Å². The van der Waals surface area contributed by atoms with Crippen LogP contribution in [0.1, 0.15) is 11.6 Å². The highest BCUT2D eigenvalue weighted by Gasteiger charge is 2.23. The van der Waals surface area contributed by atoms with Gasteiger partial charge in [0.05, 0.1) is 5.69 Å². The maximum absolute atomic E-state index is 13.6. The molecule has 6 heteroatoms. The summed E-state index contributed by atoms with van der Waals surface area (Å²) >= 11 is 0. The zero-order chi connectivity index (χ0) is 14.8. The quantitative estimate of drug-likeness (QED) is 0.906. The van der Waals surface area contributed by atoms with Crippen LogP contribution in [0, 0.1) is 5.82 Å². The van der Waals surface area contributed by atoms with E-state index in [1.165, 1.54) is 18.2 Å². The molecule has 0 aliphatic carbocycles. The van der Waals surface area contributed by atoms with Crippen LogP contribution in [-0.4, -0.2) is 17.9 Å². The first-order valence-electron chi connectivity index (χ1n) is 6.28. The highest BCUT2D eigenvalue weighted by Crippen LogP contribution is 2.35. The van der Waals surface area contributed by atoms with Crippen LogP contribution in [-0.2, 0) is 4.79 Å². The maximum Gasteiger partial charge on any atom is 0.330 e. The van der Waals surface area contributed by atoms with Gasteiger partial charge in [-0.25, -0.2) is 9.18 Å². The second-order valence-electron chi connectivity index (χ2n) is 4.51. The molecule has 0 amide bonds. The van der Waals surface area contributed by atoms with Gasteiger partial charge < -0.3 is 19.9 Å². The molecule has 1 heterocycles. The van der Waals surface area contributed by atoms with Gasteiger partial charge in [-0.05, 0) is 29.8 Å². The molecular weight excluding hydrogens is 277 g/mol. The molecule has 3 rings (SSSR count). The Bertz CT molecular complexity index is 689. The summed E-state index contributed by atoms with van der Waals surface area (Å²) in [5, 5.41) is 12.1. The molecule has 0 fully saturated rings. The number of nitrogens with one attached hydrogen (secondary N) is 1. The van der Waals surface area contributed by atoms with Crippen molar-refractivity contribution in [1.29, 1.82) is 0 Å². The average Bonchev–Trinajstić information content (AvgIpc) is 2.93. The number of halogens is 1. The zero-order valence-electron chi connectivity index (χ0n) is 10.9. The second kappa shape index (κ2) is 5.32. The van der Waals surface area contributed by atoms with Crippen molar-refractivity contribution in [2.75, 3.05) is 12.1 Å². The molecule has 0 radical (unpaired) electrons. The lowest BCUT2D eigenvalue weighted by Crippen LogP contribution is -2.21. The minimum atomic E-state index is -1.11. The molecular formula is C15H12FNO4. The van der Waals surface area contributed by atoms with E-state index < -0.39 is 17.8 Å². The maximum atomic E-state index is 13.6. The van der Waals surface area contributed by atoms with Gasteiger partial charge in [0.25, 0.3) is 0 Å². The first-order chi connectivity index (χ1) is 10.1. The summed E-state index contributed by atoms with van der Waals surface area (Å²) in [7, 11) is 0. The van der Waals surface area contributed by atoms with E-state index in [2.05, 4.69) is 5.32 Å². The van der Waals surface area contributed by atoms with Gasteiger partial charge in [0, 0.05) is 0 Å². The smallest absolute Gasteiger partial charge is 0.330 e. The van der Waals surface area contributed by atoms with Crippen molar-refractivity contribution in [1.82, 2.24) is 0 Å². The summed E-state index contributed by atoms with van der Waals surface area (Å²) in [6.07, 6.45) is 0. The monoisotopic (exact) mass is 289 g/mol. The molecule has 2 N–H and O–H groups in total. The Labute approximate surface area is 119 Å². The van der Waals surface area contributed by atoms with Gasteiger partial charge in [-0.1, -0.05) is 18.2 Å². The average molecular weight is 289 g/mol. The molecule has 1 aliphatic heterocycles. The highest BCUT2D eigenvalue weighted by molar-refractivity contribution is 5.79. The Balaban J connectivity index is 1.92. The number of benzene rings is 2. The van der Waals surface area contributed by atoms with Gasteiger partial charge in [-0.15, -0.1) is 0 Å². The van der Waals surface area contributed by atoms with E-state index in [9.17, 15) is 14.3 Å². The molecule has 1 aliphatic rings. The molecule has 0 saturated heterocycles. The number of carbonyl (C=O) groups is 1. The molecule has 5 nitrogen and oxygen atoms in total. The predicted octanol–water partition coefficient (Wildman–Crippen LogP) is 2.79. The molecule has 0 saturated carbocycles. The van der Waals surface area contributed by atoms with Crippen molar-refractivity contribution < 1.29 is 23.8 Å². The standard InChI is InChI=1S/C15H12FNO4/c16-10-3-1-2-4-11(10)17-14(15(18)19)9-5-6-12-13(7-9)21-8-20-12/h1-7,14,17H,8H2,(H,18,19). The molecule has 2 aromatic rings. The van der Waals surface area contributed by atoms with Gasteiger partial charge >= 0.3 is 5.97 Å². The third kappa shape index (κ3) is 2.60. The minimum absolute atomic E-state index is 0.108. The molecule has 21 heavy (non-hydrogen) atoms. The number of ether oxygens (including phenoxy) is 2. The van der Waals surface area contributed by atoms with Crippen LogP contribution in [0.5, 0.6) is 11.5 Å². The number of aliphatic carboxylic acids is 1. The molecule has 0 aromatic heterocycles. The molecule has 1 unspecified atom stereocenters. The Morgan fingerprint density at radius 2 is 1.95 bits per heavy atom. The van der Waals surface area contributed by atoms with E-state index in [0.717, 1.165) is 0 Å². The molecule has 1 atom stereocenters. The van der Waals surface area contributed by atoms with Gasteiger partial charge in [0.2, 0.25) is 6.79 Å². The van der Waals surface area contributed by atoms with Crippen LogP contribution in [0.25, 0.3) is 0 Å². The Kier molecular flexibility index (Phi) is 3.35. The van der Waals surface area contributed by atoms with Crippen molar-refractivity contribution in [3.63, 3.8) is 0 Å². The summed E-state index contributed by atoms with van der Waals surface area (Å²) in [6.45, 7) is 0.108. The van der Waals surface area contributed by atoms with Gasteiger partial charge in [-0.3, -0.25) is 0 Å². The Hall–Kier alpha value is -2.76. The van der Waals surface area contributed by atoms with E-state index in [1.807, 2.05) is 0 Å². The van der Waals surface area contributed by atoms with Crippen molar-refractivity contribution >= 4 is 11.7 Å². The van der Waals surface area contributed by atoms with Crippen LogP contribution >= 0.6 is 0 Å². The first kappa shape index (κ1) is 13.2. The summed E-state index contributed by atoms with van der Waals surface area (Å²) in [6, 6.07) is 9.66. The number of anilines is 1. The van der Waals surface area contributed by atoms with E-state index >= 15 is 0 Å². The SMILES string of the molecule is O=C(O)C(Nc1ccccc1F)c1ccc2c(c1)OCO2.